The van der Waals surface area contributed by atoms with Crippen molar-refractivity contribution in [2.75, 3.05) is 6.54 Å². The van der Waals surface area contributed by atoms with Crippen LogP contribution in [0.15, 0.2) is 18.2 Å². The number of fused-ring (bicyclic) bond motifs is 2. The number of aliphatic hydroxyl groups excluding tert-OH is 1. The van der Waals surface area contributed by atoms with Gasteiger partial charge in [-0.15, -0.1) is 0 Å². The van der Waals surface area contributed by atoms with Gasteiger partial charge in [-0.05, 0) is 43.0 Å². The third kappa shape index (κ3) is 3.34. The Labute approximate surface area is 133 Å². The second kappa shape index (κ2) is 6.13. The lowest BCUT2D eigenvalue weighted by atomic mass is 9.88. The van der Waals surface area contributed by atoms with Gasteiger partial charge in [-0.3, -0.25) is 4.79 Å². The molecule has 2 aliphatic heterocycles. The van der Waals surface area contributed by atoms with Crippen molar-refractivity contribution in [3.8, 4) is 0 Å². The molecule has 0 aliphatic carbocycles. The van der Waals surface area contributed by atoms with E-state index in [2.05, 4.69) is 5.32 Å². The Hall–Kier alpha value is -0.810. The third-order valence-electron chi connectivity index (χ3n) is 4.18. The third-order valence-corrected chi connectivity index (χ3v) is 4.62. The lowest BCUT2D eigenvalue weighted by molar-refractivity contribution is -0.127. The normalized spacial score (nSPS) is 28.6. The van der Waals surface area contributed by atoms with Gasteiger partial charge in [0, 0.05) is 16.6 Å². The van der Waals surface area contributed by atoms with Crippen LogP contribution in [0, 0.1) is 5.92 Å². The van der Waals surface area contributed by atoms with Gasteiger partial charge in [0.1, 0.15) is 0 Å². The monoisotopic (exact) mass is 329 g/mol. The van der Waals surface area contributed by atoms with E-state index in [1.54, 1.807) is 18.2 Å². The molecule has 0 aromatic heterocycles. The van der Waals surface area contributed by atoms with Crippen molar-refractivity contribution in [1.82, 2.24) is 5.32 Å². The number of aliphatic hydroxyl groups is 1. The molecule has 0 spiro atoms. The van der Waals surface area contributed by atoms with E-state index >= 15 is 0 Å². The number of amides is 1. The molecule has 6 heteroatoms. The van der Waals surface area contributed by atoms with Gasteiger partial charge in [-0.25, -0.2) is 0 Å². The zero-order chi connectivity index (χ0) is 15.0. The molecule has 21 heavy (non-hydrogen) atoms. The molecule has 2 aliphatic rings. The van der Waals surface area contributed by atoms with Crippen LogP contribution in [-0.4, -0.2) is 29.8 Å². The maximum absolute atomic E-state index is 12.2. The number of rotatable bonds is 4. The molecule has 2 heterocycles. The predicted octanol–water partition coefficient (Wildman–Crippen LogP) is 2.71. The van der Waals surface area contributed by atoms with Crippen molar-refractivity contribution < 1.29 is 14.6 Å². The molecule has 4 unspecified atom stereocenters. The highest BCUT2D eigenvalue weighted by Gasteiger charge is 2.44. The first-order valence-electron chi connectivity index (χ1n) is 7.10. The van der Waals surface area contributed by atoms with Crippen molar-refractivity contribution in [3.63, 3.8) is 0 Å². The highest BCUT2D eigenvalue weighted by atomic mass is 35.5. The summed E-state index contributed by atoms with van der Waals surface area (Å²) in [7, 11) is 0. The molecule has 114 valence electrons. The molecule has 2 N–H and O–H groups in total. The standard InChI is InChI=1S/C15H17Cl2NO3/c16-9-3-8(4-10(17)5-9)13(19)7-18-15(20)12-6-11-1-2-14(12)21-11/h3-5,11-14,19H,1-2,6-7H2,(H,18,20). The van der Waals surface area contributed by atoms with Gasteiger partial charge in [-0.2, -0.15) is 0 Å². The fourth-order valence-corrected chi connectivity index (χ4v) is 3.67. The summed E-state index contributed by atoms with van der Waals surface area (Å²) in [5, 5.41) is 13.8. The van der Waals surface area contributed by atoms with Crippen LogP contribution in [0.1, 0.15) is 30.9 Å². The zero-order valence-electron chi connectivity index (χ0n) is 11.4. The molecule has 3 rings (SSSR count). The molecule has 4 atom stereocenters. The Kier molecular flexibility index (Phi) is 4.41. The summed E-state index contributed by atoms with van der Waals surface area (Å²) >= 11 is 11.8. The summed E-state index contributed by atoms with van der Waals surface area (Å²) in [6, 6.07) is 4.89. The lowest BCUT2D eigenvalue weighted by Gasteiger charge is -2.19. The molecular weight excluding hydrogens is 313 g/mol. The first-order chi connectivity index (χ1) is 10.0. The van der Waals surface area contributed by atoms with Gasteiger partial charge >= 0.3 is 0 Å². The quantitative estimate of drug-likeness (QED) is 0.892. The van der Waals surface area contributed by atoms with Crippen molar-refractivity contribution in [2.45, 2.75) is 37.6 Å². The summed E-state index contributed by atoms with van der Waals surface area (Å²) in [5.74, 6) is -0.131. The fourth-order valence-electron chi connectivity index (χ4n) is 3.13. The molecule has 1 aromatic carbocycles. The first-order valence-corrected chi connectivity index (χ1v) is 7.86. The molecule has 0 radical (unpaired) electrons. The van der Waals surface area contributed by atoms with Crippen LogP contribution in [0.2, 0.25) is 10.0 Å². The SMILES string of the molecule is O=C(NCC(O)c1cc(Cl)cc(Cl)c1)C1CC2CCC1O2. The van der Waals surface area contributed by atoms with Crippen LogP contribution in [0.4, 0.5) is 0 Å². The van der Waals surface area contributed by atoms with Crippen LogP contribution in [0.5, 0.6) is 0 Å². The highest BCUT2D eigenvalue weighted by molar-refractivity contribution is 6.34. The Morgan fingerprint density at radius 3 is 2.62 bits per heavy atom. The van der Waals surface area contributed by atoms with E-state index in [-0.39, 0.29) is 30.6 Å². The summed E-state index contributed by atoms with van der Waals surface area (Å²) in [5.41, 5.74) is 0.594. The number of carbonyl (C=O) groups is 1. The smallest absolute Gasteiger partial charge is 0.225 e. The van der Waals surface area contributed by atoms with E-state index in [0.717, 1.165) is 19.3 Å². The van der Waals surface area contributed by atoms with E-state index in [4.69, 9.17) is 27.9 Å². The van der Waals surface area contributed by atoms with Crippen LogP contribution >= 0.6 is 23.2 Å². The van der Waals surface area contributed by atoms with E-state index in [1.807, 2.05) is 0 Å². The van der Waals surface area contributed by atoms with Crippen LogP contribution < -0.4 is 5.32 Å². The van der Waals surface area contributed by atoms with Crippen LogP contribution in [0.25, 0.3) is 0 Å². The van der Waals surface area contributed by atoms with E-state index < -0.39 is 6.10 Å². The average Bonchev–Trinajstić information content (AvgIpc) is 3.05. The minimum absolute atomic E-state index is 0.0469. The topological polar surface area (TPSA) is 58.6 Å². The summed E-state index contributed by atoms with van der Waals surface area (Å²) in [6.45, 7) is 0.142. The number of halogens is 2. The largest absolute Gasteiger partial charge is 0.387 e. The van der Waals surface area contributed by atoms with Crippen molar-refractivity contribution in [2.24, 2.45) is 5.92 Å². The van der Waals surface area contributed by atoms with E-state index in [1.165, 1.54) is 0 Å². The molecule has 1 amide bonds. The maximum Gasteiger partial charge on any atom is 0.225 e. The summed E-state index contributed by atoms with van der Waals surface area (Å²) in [6.07, 6.45) is 2.25. The summed E-state index contributed by atoms with van der Waals surface area (Å²) < 4.78 is 5.67. The summed E-state index contributed by atoms with van der Waals surface area (Å²) in [4.78, 5) is 12.2. The Morgan fingerprint density at radius 2 is 2.05 bits per heavy atom. The molecule has 2 fully saturated rings. The predicted molar refractivity (Wildman–Crippen MR) is 80.4 cm³/mol. The van der Waals surface area contributed by atoms with E-state index in [0.29, 0.717) is 15.6 Å². The van der Waals surface area contributed by atoms with Gasteiger partial charge in [0.2, 0.25) is 5.91 Å². The van der Waals surface area contributed by atoms with Gasteiger partial charge in [-0.1, -0.05) is 23.2 Å². The van der Waals surface area contributed by atoms with Crippen molar-refractivity contribution in [1.29, 1.82) is 0 Å². The minimum atomic E-state index is -0.829. The van der Waals surface area contributed by atoms with Gasteiger partial charge in [0.05, 0.1) is 24.2 Å². The van der Waals surface area contributed by atoms with Gasteiger partial charge in [0.25, 0.3) is 0 Å². The number of hydrogen-bond acceptors (Lipinski definition) is 3. The second-order valence-electron chi connectivity index (χ2n) is 5.68. The number of nitrogens with one attached hydrogen (secondary N) is 1. The number of carbonyl (C=O) groups excluding carboxylic acids is 1. The maximum atomic E-state index is 12.2. The van der Waals surface area contributed by atoms with Crippen molar-refractivity contribution in [3.05, 3.63) is 33.8 Å². The van der Waals surface area contributed by atoms with Gasteiger partial charge in [0.15, 0.2) is 0 Å². The first kappa shape index (κ1) is 15.1. The molecule has 0 saturated carbocycles. The minimum Gasteiger partial charge on any atom is -0.387 e. The van der Waals surface area contributed by atoms with Crippen molar-refractivity contribution >= 4 is 29.1 Å². The van der Waals surface area contributed by atoms with Gasteiger partial charge < -0.3 is 15.2 Å². The molecule has 4 nitrogen and oxygen atoms in total. The molecular formula is C15H17Cl2NO3. The highest BCUT2D eigenvalue weighted by Crippen LogP contribution is 2.38. The Bertz CT molecular complexity index is 531. The zero-order valence-corrected chi connectivity index (χ0v) is 12.9. The Morgan fingerprint density at radius 1 is 1.33 bits per heavy atom. The van der Waals surface area contributed by atoms with E-state index in [9.17, 15) is 9.90 Å². The number of ether oxygens (including phenoxy) is 1. The molecule has 2 bridgehead atoms. The number of hydrogen-bond donors (Lipinski definition) is 2. The molecule has 2 saturated heterocycles. The average molecular weight is 330 g/mol. The second-order valence-corrected chi connectivity index (χ2v) is 6.55. The fraction of sp³-hybridized carbons (Fsp3) is 0.533. The van der Waals surface area contributed by atoms with Crippen LogP contribution in [0.3, 0.4) is 0 Å². The Balaban J connectivity index is 1.55. The molecule has 1 aromatic rings. The lowest BCUT2D eigenvalue weighted by Crippen LogP contribution is -2.38. The number of benzene rings is 1. The van der Waals surface area contributed by atoms with Crippen LogP contribution in [-0.2, 0) is 9.53 Å².